The lowest BCUT2D eigenvalue weighted by molar-refractivity contribution is -0.113. The fourth-order valence-electron chi connectivity index (χ4n) is 2.29. The van der Waals surface area contributed by atoms with Gasteiger partial charge in [-0.2, -0.15) is 0 Å². The number of halogens is 1. The van der Waals surface area contributed by atoms with Crippen molar-refractivity contribution in [2.75, 3.05) is 11.1 Å². The van der Waals surface area contributed by atoms with Crippen molar-refractivity contribution >= 4 is 39.8 Å². The van der Waals surface area contributed by atoms with Gasteiger partial charge in [0.15, 0.2) is 15.9 Å². The van der Waals surface area contributed by atoms with E-state index in [1.54, 1.807) is 12.1 Å². The van der Waals surface area contributed by atoms with Crippen molar-refractivity contribution in [1.82, 2.24) is 19.6 Å². The van der Waals surface area contributed by atoms with E-state index in [1.165, 1.54) is 35.2 Å². The Morgan fingerprint density at radius 2 is 2.04 bits per heavy atom. The Bertz CT molecular complexity index is 1060. The first-order valence-electron chi connectivity index (χ1n) is 7.63. The Labute approximate surface area is 156 Å². The molecule has 4 rings (SSSR count). The molecule has 0 atom stereocenters. The lowest BCUT2D eigenvalue weighted by Gasteiger charge is -2.01. The van der Waals surface area contributed by atoms with Gasteiger partial charge in [0, 0.05) is 17.1 Å². The summed E-state index contributed by atoms with van der Waals surface area (Å²) in [5, 5.41) is 13.9. The van der Waals surface area contributed by atoms with Crippen LogP contribution in [0.15, 0.2) is 59.2 Å². The summed E-state index contributed by atoms with van der Waals surface area (Å²) in [5.41, 5.74) is 2.23. The molecule has 0 unspecified atom stereocenters. The molecule has 0 aliphatic heterocycles. The number of anilines is 1. The highest BCUT2D eigenvalue weighted by atomic mass is 32.2. The summed E-state index contributed by atoms with van der Waals surface area (Å²) in [4.78, 5) is 16.5. The number of carbonyl (C=O) groups excluding carboxylic acids is 1. The van der Waals surface area contributed by atoms with Crippen LogP contribution in [0.5, 0.6) is 0 Å². The second-order valence-electron chi connectivity index (χ2n) is 5.29. The van der Waals surface area contributed by atoms with E-state index < -0.39 is 0 Å². The molecule has 0 saturated carbocycles. The molecule has 6 nitrogen and oxygen atoms in total. The number of nitrogens with one attached hydrogen (secondary N) is 1. The third kappa shape index (κ3) is 3.58. The molecule has 4 aromatic rings. The Balaban J connectivity index is 1.38. The Hall–Kier alpha value is -2.78. The molecule has 1 aromatic carbocycles. The number of benzene rings is 1. The fourth-order valence-corrected chi connectivity index (χ4v) is 3.75. The maximum Gasteiger partial charge on any atom is 0.236 e. The van der Waals surface area contributed by atoms with Crippen LogP contribution in [-0.2, 0) is 4.79 Å². The summed E-state index contributed by atoms with van der Waals surface area (Å²) in [6.45, 7) is 0. The molecule has 0 aliphatic carbocycles. The minimum atomic E-state index is -0.296. The number of hydrogen-bond acceptors (Lipinski definition) is 6. The summed E-state index contributed by atoms with van der Waals surface area (Å²) in [5.74, 6) is -0.278. The van der Waals surface area contributed by atoms with E-state index in [-0.39, 0.29) is 17.5 Å². The number of thioether (sulfide) groups is 1. The molecule has 3 aromatic heterocycles. The quantitative estimate of drug-likeness (QED) is 0.530. The number of fused-ring (bicyclic) bond motifs is 1. The normalized spacial score (nSPS) is 11.0. The number of amides is 1. The molecule has 9 heteroatoms. The van der Waals surface area contributed by atoms with Crippen LogP contribution in [0.3, 0.4) is 0 Å². The van der Waals surface area contributed by atoms with Crippen molar-refractivity contribution in [2.24, 2.45) is 0 Å². The molecule has 130 valence electrons. The van der Waals surface area contributed by atoms with Crippen LogP contribution in [0.1, 0.15) is 0 Å². The second-order valence-corrected chi connectivity index (χ2v) is 7.09. The zero-order valence-corrected chi connectivity index (χ0v) is 14.9. The second kappa shape index (κ2) is 7.22. The van der Waals surface area contributed by atoms with Crippen LogP contribution in [0.25, 0.3) is 16.9 Å². The zero-order chi connectivity index (χ0) is 17.9. The largest absolute Gasteiger partial charge is 0.301 e. The number of aromatic nitrogens is 4. The SMILES string of the molecule is O=C(CSc1nnc2ccccn12)Nc1nc(-c2ccc(F)cc2)cs1. The van der Waals surface area contributed by atoms with E-state index in [9.17, 15) is 9.18 Å². The molecule has 26 heavy (non-hydrogen) atoms. The molecule has 0 spiro atoms. The van der Waals surface area contributed by atoms with Crippen LogP contribution < -0.4 is 5.32 Å². The van der Waals surface area contributed by atoms with Gasteiger partial charge in [-0.25, -0.2) is 9.37 Å². The Morgan fingerprint density at radius 3 is 2.88 bits per heavy atom. The third-order valence-corrected chi connectivity index (χ3v) is 5.21. The molecular formula is C17H12FN5OS2. The minimum Gasteiger partial charge on any atom is -0.301 e. The van der Waals surface area contributed by atoms with E-state index in [2.05, 4.69) is 20.5 Å². The van der Waals surface area contributed by atoms with Gasteiger partial charge >= 0.3 is 0 Å². The highest BCUT2D eigenvalue weighted by Gasteiger charge is 2.11. The van der Waals surface area contributed by atoms with Gasteiger partial charge in [0.1, 0.15) is 5.82 Å². The monoisotopic (exact) mass is 385 g/mol. The number of rotatable bonds is 5. The summed E-state index contributed by atoms with van der Waals surface area (Å²) in [6.07, 6.45) is 1.85. The van der Waals surface area contributed by atoms with Crippen LogP contribution in [0.4, 0.5) is 9.52 Å². The maximum atomic E-state index is 13.0. The van der Waals surface area contributed by atoms with E-state index in [1.807, 2.05) is 34.2 Å². The first-order valence-corrected chi connectivity index (χ1v) is 9.49. The molecular weight excluding hydrogens is 373 g/mol. The van der Waals surface area contributed by atoms with Gasteiger partial charge in [-0.1, -0.05) is 17.8 Å². The molecule has 1 N–H and O–H groups in total. The fraction of sp³-hybridized carbons (Fsp3) is 0.0588. The Kier molecular flexibility index (Phi) is 4.63. The molecule has 0 saturated heterocycles. The Morgan fingerprint density at radius 1 is 1.19 bits per heavy atom. The number of carbonyl (C=O) groups is 1. The van der Waals surface area contributed by atoms with E-state index in [0.717, 1.165) is 11.2 Å². The number of hydrogen-bond donors (Lipinski definition) is 1. The van der Waals surface area contributed by atoms with Gasteiger partial charge in [0.2, 0.25) is 5.91 Å². The maximum absolute atomic E-state index is 13.0. The molecule has 0 aliphatic rings. The topological polar surface area (TPSA) is 72.2 Å². The smallest absolute Gasteiger partial charge is 0.236 e. The lowest BCUT2D eigenvalue weighted by atomic mass is 10.2. The zero-order valence-electron chi connectivity index (χ0n) is 13.3. The predicted molar refractivity (Wildman–Crippen MR) is 99.8 cm³/mol. The summed E-state index contributed by atoms with van der Waals surface area (Å²) >= 11 is 2.62. The van der Waals surface area contributed by atoms with E-state index in [0.29, 0.717) is 16.0 Å². The summed E-state index contributed by atoms with van der Waals surface area (Å²) in [6, 6.07) is 11.7. The standard InChI is InChI=1S/C17H12FN5OS2/c18-12-6-4-11(5-7-12)13-9-25-16(19-13)20-15(24)10-26-17-22-21-14-3-1-2-8-23(14)17/h1-9H,10H2,(H,19,20,24). The number of pyridine rings is 1. The van der Waals surface area contributed by atoms with Crippen LogP contribution >= 0.6 is 23.1 Å². The van der Waals surface area contributed by atoms with E-state index in [4.69, 9.17) is 0 Å². The molecule has 0 radical (unpaired) electrons. The van der Waals surface area contributed by atoms with Crippen molar-refractivity contribution in [3.63, 3.8) is 0 Å². The minimum absolute atomic E-state index is 0.178. The van der Waals surface area contributed by atoms with Crippen LogP contribution in [0, 0.1) is 5.82 Å². The van der Waals surface area contributed by atoms with Gasteiger partial charge < -0.3 is 5.32 Å². The van der Waals surface area contributed by atoms with Gasteiger partial charge in [-0.05, 0) is 36.4 Å². The van der Waals surface area contributed by atoms with Crippen molar-refractivity contribution in [2.45, 2.75) is 5.16 Å². The molecule has 3 heterocycles. The van der Waals surface area contributed by atoms with Crippen molar-refractivity contribution in [1.29, 1.82) is 0 Å². The van der Waals surface area contributed by atoms with Crippen molar-refractivity contribution in [3.8, 4) is 11.3 Å². The molecule has 0 bridgehead atoms. The van der Waals surface area contributed by atoms with Crippen LogP contribution in [0.2, 0.25) is 0 Å². The first-order chi connectivity index (χ1) is 12.7. The number of thiazole rings is 1. The predicted octanol–water partition coefficient (Wildman–Crippen LogP) is 3.72. The highest BCUT2D eigenvalue weighted by Crippen LogP contribution is 2.25. The van der Waals surface area contributed by atoms with Crippen LogP contribution in [-0.4, -0.2) is 31.2 Å². The summed E-state index contributed by atoms with van der Waals surface area (Å²) in [7, 11) is 0. The average Bonchev–Trinajstić information content (AvgIpc) is 3.28. The summed E-state index contributed by atoms with van der Waals surface area (Å²) < 4.78 is 14.8. The molecule has 0 fully saturated rings. The first kappa shape index (κ1) is 16.7. The average molecular weight is 385 g/mol. The lowest BCUT2D eigenvalue weighted by Crippen LogP contribution is -2.14. The third-order valence-electron chi connectivity index (χ3n) is 3.51. The van der Waals surface area contributed by atoms with Crippen molar-refractivity contribution < 1.29 is 9.18 Å². The molecule has 1 amide bonds. The van der Waals surface area contributed by atoms with Gasteiger partial charge in [0.25, 0.3) is 0 Å². The van der Waals surface area contributed by atoms with Gasteiger partial charge in [-0.15, -0.1) is 21.5 Å². The highest BCUT2D eigenvalue weighted by molar-refractivity contribution is 7.99. The van der Waals surface area contributed by atoms with Crippen molar-refractivity contribution in [3.05, 3.63) is 59.9 Å². The van der Waals surface area contributed by atoms with E-state index >= 15 is 0 Å². The van der Waals surface area contributed by atoms with Gasteiger partial charge in [0.05, 0.1) is 11.4 Å². The van der Waals surface area contributed by atoms with Gasteiger partial charge in [-0.3, -0.25) is 9.20 Å². The number of nitrogens with zero attached hydrogens (tertiary/aromatic N) is 4.